The van der Waals surface area contributed by atoms with E-state index >= 15 is 0 Å². The topological polar surface area (TPSA) is 126 Å². The molecule has 0 saturated carbocycles. The van der Waals surface area contributed by atoms with Gasteiger partial charge in [-0.25, -0.2) is 4.79 Å². The van der Waals surface area contributed by atoms with Gasteiger partial charge in [0.05, 0.1) is 18.1 Å². The van der Waals surface area contributed by atoms with Crippen molar-refractivity contribution in [1.29, 1.82) is 0 Å². The van der Waals surface area contributed by atoms with Crippen molar-refractivity contribution >= 4 is 57.5 Å². The Hall–Kier alpha value is -5.89. The van der Waals surface area contributed by atoms with Gasteiger partial charge in [-0.05, 0) is 59.2 Å². The lowest BCUT2D eigenvalue weighted by atomic mass is 9.79. The average molecular weight is 712 g/mol. The van der Waals surface area contributed by atoms with Gasteiger partial charge in [-0.2, -0.15) is 0 Å². The molecule has 4 aromatic carbocycles. The Morgan fingerprint density at radius 3 is 1.87 bits per heavy atom. The lowest BCUT2D eigenvalue weighted by Gasteiger charge is -2.50. The van der Waals surface area contributed by atoms with Gasteiger partial charge in [0.15, 0.2) is 5.78 Å². The Kier molecular flexibility index (Phi) is 11.0. The molecule has 6 rings (SSSR count). The molecule has 1 saturated heterocycles. The first-order chi connectivity index (χ1) is 25.3. The van der Waals surface area contributed by atoms with Gasteiger partial charge in [0.1, 0.15) is 17.7 Å². The van der Waals surface area contributed by atoms with E-state index in [9.17, 15) is 24.3 Å². The van der Waals surface area contributed by atoms with Crippen molar-refractivity contribution in [1.82, 2.24) is 9.88 Å². The summed E-state index contributed by atoms with van der Waals surface area (Å²) in [5.41, 5.74) is 1.18. The Morgan fingerprint density at radius 2 is 1.38 bits per heavy atom. The van der Waals surface area contributed by atoms with Crippen LogP contribution in [0.2, 0.25) is 0 Å². The first-order valence-corrected chi connectivity index (χ1v) is 18.6. The minimum absolute atomic E-state index is 0.102. The molecule has 52 heavy (non-hydrogen) atoms. The smallest absolute Gasteiger partial charge is 0.356 e. The number of ketones is 1. The second-order valence-corrected chi connectivity index (χ2v) is 15.6. The minimum atomic E-state index is -3.20. The molecule has 0 radical (unpaired) electrons. The van der Waals surface area contributed by atoms with Gasteiger partial charge in [-0.15, -0.1) is 0 Å². The third-order valence-electron chi connectivity index (χ3n) is 9.04. The monoisotopic (exact) mass is 711 g/mol. The normalized spacial score (nSPS) is 15.9. The summed E-state index contributed by atoms with van der Waals surface area (Å²) in [6.07, 6.45) is 1.70. The van der Waals surface area contributed by atoms with Crippen LogP contribution in [0, 0.1) is 5.92 Å². The molecule has 262 valence electrons. The number of rotatable bonds is 13. The number of nitrogens with zero attached hydrogens (tertiary/aromatic N) is 2. The van der Waals surface area contributed by atoms with Crippen LogP contribution in [0.4, 0.5) is 5.69 Å². The van der Waals surface area contributed by atoms with Crippen LogP contribution in [-0.2, 0) is 14.3 Å². The van der Waals surface area contributed by atoms with Gasteiger partial charge in [-0.3, -0.25) is 19.4 Å². The maximum Gasteiger partial charge on any atom is 0.356 e. The first kappa shape index (κ1) is 35.9. The number of aliphatic hydroxyl groups is 1. The molecule has 2 amide bonds. The molecule has 10 heteroatoms. The van der Waals surface area contributed by atoms with E-state index in [4.69, 9.17) is 4.74 Å². The number of β-lactam (4-membered cyclic amide) rings is 1. The molecular formula is C42H38N3O6P. The van der Waals surface area contributed by atoms with E-state index in [0.29, 0.717) is 11.3 Å². The highest BCUT2D eigenvalue weighted by molar-refractivity contribution is 7.96. The zero-order valence-corrected chi connectivity index (χ0v) is 29.4. The maximum absolute atomic E-state index is 14.6. The van der Waals surface area contributed by atoms with Crippen molar-refractivity contribution < 1.29 is 29.0 Å². The van der Waals surface area contributed by atoms with Crippen LogP contribution in [0.3, 0.4) is 0 Å². The van der Waals surface area contributed by atoms with Crippen LogP contribution in [-0.4, -0.2) is 62.7 Å². The number of esters is 1. The third-order valence-corrected chi connectivity index (χ3v) is 13.3. The van der Waals surface area contributed by atoms with E-state index in [1.165, 1.54) is 24.1 Å². The van der Waals surface area contributed by atoms with Crippen molar-refractivity contribution in [3.05, 3.63) is 164 Å². The number of amides is 2. The van der Waals surface area contributed by atoms with Crippen LogP contribution < -0.4 is 21.2 Å². The van der Waals surface area contributed by atoms with Gasteiger partial charge < -0.3 is 20.1 Å². The number of carbonyl (C=O) groups is 4. The van der Waals surface area contributed by atoms with Crippen molar-refractivity contribution in [2.24, 2.45) is 5.92 Å². The second-order valence-electron chi connectivity index (χ2n) is 12.3. The van der Waals surface area contributed by atoms with Gasteiger partial charge in [0.25, 0.3) is 5.91 Å². The van der Waals surface area contributed by atoms with Gasteiger partial charge in [0, 0.05) is 30.8 Å². The Balaban J connectivity index is 1.48. The molecule has 0 spiro atoms. The number of nitrogens with one attached hydrogen (secondary N) is 1. The van der Waals surface area contributed by atoms with Crippen LogP contribution >= 0.6 is 6.89 Å². The molecule has 2 N–H and O–H groups in total. The Bertz CT molecular complexity index is 2020. The molecule has 3 atom stereocenters. The average Bonchev–Trinajstić information content (AvgIpc) is 3.18. The first-order valence-electron chi connectivity index (χ1n) is 16.9. The van der Waals surface area contributed by atoms with Gasteiger partial charge in [-0.1, -0.05) is 110 Å². The molecular weight excluding hydrogens is 673 g/mol. The van der Waals surface area contributed by atoms with Crippen LogP contribution in [0.1, 0.15) is 34.2 Å². The largest absolute Gasteiger partial charge is 0.457 e. The van der Waals surface area contributed by atoms with Crippen molar-refractivity contribution in [2.45, 2.75) is 25.5 Å². The molecule has 5 aromatic rings. The number of hydrogen-bond donors (Lipinski definition) is 2. The fourth-order valence-electron chi connectivity index (χ4n) is 6.68. The molecule has 9 nitrogen and oxygen atoms in total. The number of hydrogen-bond acceptors (Lipinski definition) is 7. The summed E-state index contributed by atoms with van der Waals surface area (Å²) in [5, 5.41) is 16.1. The molecule has 1 aliphatic heterocycles. The fourth-order valence-corrected chi connectivity index (χ4v) is 11.1. The zero-order valence-electron chi connectivity index (χ0n) is 28.5. The predicted molar refractivity (Wildman–Crippen MR) is 205 cm³/mol. The Labute approximate surface area is 302 Å². The number of carbonyl (C=O) groups excluding carboxylic acids is 4. The highest BCUT2D eigenvalue weighted by Crippen LogP contribution is 2.50. The second kappa shape index (κ2) is 16.0. The number of aliphatic hydroxyl groups excluding tert-OH is 1. The number of Topliss-reactive ketones (excluding diaryl/α,β-unsaturated/α-hetero) is 1. The van der Waals surface area contributed by atoms with Gasteiger partial charge in [0.2, 0.25) is 5.91 Å². The third kappa shape index (κ3) is 7.01. The molecule has 1 unspecified atom stereocenters. The SMILES string of the molecule is C=CCOC(=O)C(N1C(=O)C([C@@H](C)O)[C@H]1CC(=O)c1ccc(NC(=O)c2ccccn2)cc1)=P(c1ccccc1)(c1ccccc1)c1ccccc1. The molecule has 0 aliphatic carbocycles. The zero-order chi connectivity index (χ0) is 36.7. The van der Waals surface area contributed by atoms with Crippen molar-refractivity contribution in [3.8, 4) is 0 Å². The van der Waals surface area contributed by atoms with Crippen LogP contribution in [0.25, 0.3) is 0 Å². The summed E-state index contributed by atoms with van der Waals surface area (Å²) in [6, 6.07) is 39.3. The van der Waals surface area contributed by atoms with Crippen LogP contribution in [0.15, 0.2) is 152 Å². The fraction of sp³-hybridized carbons (Fsp3) is 0.143. The van der Waals surface area contributed by atoms with Gasteiger partial charge >= 0.3 is 5.97 Å². The van der Waals surface area contributed by atoms with Crippen LogP contribution in [0.5, 0.6) is 0 Å². The summed E-state index contributed by atoms with van der Waals surface area (Å²) in [4.78, 5) is 61.0. The standard InChI is InChI=1S/C42H38N3O6P/c1-3-27-51-42(50)41(52(32-15-7-4-8-16-32,33-17-9-5-10-18-33)34-19-11-6-12-20-34)45-36(38(29(2)46)40(45)49)28-37(47)30-22-24-31(25-23-30)44-39(48)35-21-13-14-26-43-35/h3-26,29,36,38,46H,1,27-28H2,2H3,(H,44,48)/t29-,36-,38?/m1/s1. The number of benzene rings is 4. The summed E-state index contributed by atoms with van der Waals surface area (Å²) in [5.74, 6) is -2.84. The summed E-state index contributed by atoms with van der Waals surface area (Å²) >= 11 is 0. The van der Waals surface area contributed by atoms with E-state index in [1.807, 2.05) is 91.0 Å². The highest BCUT2D eigenvalue weighted by Gasteiger charge is 2.55. The van der Waals surface area contributed by atoms with Crippen molar-refractivity contribution in [2.75, 3.05) is 11.9 Å². The number of pyridine rings is 1. The van der Waals surface area contributed by atoms with E-state index in [2.05, 4.69) is 16.9 Å². The lowest BCUT2D eigenvalue weighted by Crippen LogP contribution is -2.68. The van der Waals surface area contributed by atoms with E-state index < -0.39 is 42.7 Å². The molecule has 0 bridgehead atoms. The van der Waals surface area contributed by atoms with E-state index in [-0.39, 0.29) is 29.9 Å². The maximum atomic E-state index is 14.6. The van der Waals surface area contributed by atoms with E-state index in [0.717, 1.165) is 15.9 Å². The molecule has 2 heterocycles. The lowest BCUT2D eigenvalue weighted by molar-refractivity contribution is -0.157. The number of anilines is 1. The molecule has 1 fully saturated rings. The highest BCUT2D eigenvalue weighted by atomic mass is 31.2. The molecule has 1 aliphatic rings. The Morgan fingerprint density at radius 1 is 0.846 bits per heavy atom. The summed E-state index contributed by atoms with van der Waals surface area (Å²) in [6.45, 7) is 1.93. The van der Waals surface area contributed by atoms with Crippen molar-refractivity contribution in [3.63, 3.8) is 0 Å². The number of likely N-dealkylation sites (tertiary alicyclic amines) is 1. The number of ether oxygens (including phenoxy) is 1. The quantitative estimate of drug-likeness (QED) is 0.0581. The predicted octanol–water partition coefficient (Wildman–Crippen LogP) is 4.97. The summed E-state index contributed by atoms with van der Waals surface area (Å²) < 4.78 is 5.79. The number of aromatic nitrogens is 1. The summed E-state index contributed by atoms with van der Waals surface area (Å²) in [7, 11) is 0. The molecule has 1 aromatic heterocycles. The minimum Gasteiger partial charge on any atom is -0.457 e. The van der Waals surface area contributed by atoms with E-state index in [1.54, 1.807) is 42.5 Å².